The van der Waals surface area contributed by atoms with Gasteiger partial charge in [0, 0.05) is 21.2 Å². The fourth-order valence-corrected chi connectivity index (χ4v) is 3.83. The lowest BCUT2D eigenvalue weighted by Gasteiger charge is -2.19. The van der Waals surface area contributed by atoms with E-state index in [1.54, 1.807) is 11.3 Å². The summed E-state index contributed by atoms with van der Waals surface area (Å²) in [7, 11) is 0. The topological polar surface area (TPSA) is 66.4 Å². The number of aliphatic carboxylic acids is 1. The first-order valence-corrected chi connectivity index (χ1v) is 8.92. The number of nitrogens with one attached hydrogen (secondary N) is 1. The fraction of sp³-hybridized carbons (Fsp3) is 0.294. The molecule has 1 aromatic heterocycles. The Kier molecular flexibility index (Phi) is 6.36. The van der Waals surface area contributed by atoms with E-state index in [1.165, 1.54) is 0 Å². The van der Waals surface area contributed by atoms with Crippen molar-refractivity contribution >= 4 is 39.1 Å². The van der Waals surface area contributed by atoms with Gasteiger partial charge < -0.3 is 10.4 Å². The summed E-state index contributed by atoms with van der Waals surface area (Å²) in [6.45, 7) is 1.92. The van der Waals surface area contributed by atoms with E-state index in [2.05, 4.69) is 21.2 Å². The molecule has 0 radical (unpaired) electrons. The van der Waals surface area contributed by atoms with Crippen molar-refractivity contribution in [3.8, 4) is 0 Å². The number of carbonyl (C=O) groups excluding carboxylic acids is 1. The smallest absolute Gasteiger partial charge is 0.305 e. The summed E-state index contributed by atoms with van der Waals surface area (Å²) in [5, 5.41) is 13.9. The first kappa shape index (κ1) is 17.7. The lowest BCUT2D eigenvalue weighted by Crippen LogP contribution is -2.30. The normalized spacial score (nSPS) is 11.9. The molecule has 23 heavy (non-hydrogen) atoms. The summed E-state index contributed by atoms with van der Waals surface area (Å²) in [5.74, 6) is -1.07. The van der Waals surface area contributed by atoms with Gasteiger partial charge in [-0.3, -0.25) is 9.59 Å². The lowest BCUT2D eigenvalue weighted by atomic mass is 9.98. The van der Waals surface area contributed by atoms with Crippen LogP contribution in [0.4, 0.5) is 0 Å². The molecule has 2 rings (SSSR count). The maximum atomic E-state index is 12.2. The van der Waals surface area contributed by atoms with E-state index < -0.39 is 12.0 Å². The molecule has 1 atom stereocenters. The second-order valence-electron chi connectivity index (χ2n) is 5.31. The third-order valence-corrected chi connectivity index (χ3v) is 5.26. The van der Waals surface area contributed by atoms with Crippen LogP contribution in [0.25, 0.3) is 0 Å². The van der Waals surface area contributed by atoms with Gasteiger partial charge in [0.25, 0.3) is 0 Å². The van der Waals surface area contributed by atoms with Crippen LogP contribution in [0.5, 0.6) is 0 Å². The molecule has 4 nitrogen and oxygen atoms in total. The molecule has 1 unspecified atom stereocenters. The Morgan fingerprint density at radius 1 is 1.35 bits per heavy atom. The number of aryl methyl sites for hydroxylation is 2. The van der Waals surface area contributed by atoms with Crippen LogP contribution in [0.2, 0.25) is 0 Å². The Bertz CT molecular complexity index is 699. The van der Waals surface area contributed by atoms with Crippen molar-refractivity contribution < 1.29 is 14.7 Å². The second-order valence-corrected chi connectivity index (χ2v) is 7.22. The summed E-state index contributed by atoms with van der Waals surface area (Å²) >= 11 is 4.99. The molecule has 122 valence electrons. The zero-order chi connectivity index (χ0) is 16.8. The summed E-state index contributed by atoms with van der Waals surface area (Å²) < 4.78 is 1.02. The van der Waals surface area contributed by atoms with Crippen LogP contribution < -0.4 is 5.32 Å². The van der Waals surface area contributed by atoms with E-state index in [-0.39, 0.29) is 12.3 Å². The number of rotatable bonds is 7. The molecule has 2 aromatic rings. The van der Waals surface area contributed by atoms with Gasteiger partial charge >= 0.3 is 5.97 Å². The molecule has 0 fully saturated rings. The number of carbonyl (C=O) groups is 2. The molecule has 0 aliphatic carbocycles. The number of thiophene rings is 1. The number of benzene rings is 1. The van der Waals surface area contributed by atoms with Gasteiger partial charge in [0.05, 0.1) is 12.5 Å². The summed E-state index contributed by atoms with van der Waals surface area (Å²) in [6, 6.07) is 9.02. The SMILES string of the molecule is Cc1ccccc1C(CC(=O)O)NC(=O)CCc1cc(Br)cs1. The average molecular weight is 396 g/mol. The largest absolute Gasteiger partial charge is 0.481 e. The van der Waals surface area contributed by atoms with Crippen LogP contribution in [0.15, 0.2) is 40.2 Å². The van der Waals surface area contributed by atoms with Crippen molar-refractivity contribution in [2.24, 2.45) is 0 Å². The van der Waals surface area contributed by atoms with Gasteiger partial charge in [0.15, 0.2) is 0 Å². The zero-order valence-corrected chi connectivity index (χ0v) is 15.1. The van der Waals surface area contributed by atoms with Crippen LogP contribution in [0.1, 0.15) is 34.9 Å². The van der Waals surface area contributed by atoms with Gasteiger partial charge in [-0.15, -0.1) is 11.3 Å². The quantitative estimate of drug-likeness (QED) is 0.741. The molecule has 2 N–H and O–H groups in total. The second kappa shape index (κ2) is 8.26. The molecular formula is C17H18BrNO3S. The number of amides is 1. The van der Waals surface area contributed by atoms with Crippen molar-refractivity contribution in [3.63, 3.8) is 0 Å². The van der Waals surface area contributed by atoms with E-state index in [4.69, 9.17) is 5.11 Å². The molecule has 1 aromatic carbocycles. The van der Waals surface area contributed by atoms with Gasteiger partial charge in [0.1, 0.15) is 0 Å². The van der Waals surface area contributed by atoms with Crippen molar-refractivity contribution in [1.82, 2.24) is 5.32 Å². The Morgan fingerprint density at radius 3 is 2.70 bits per heavy atom. The van der Waals surface area contributed by atoms with Gasteiger partial charge in [-0.2, -0.15) is 0 Å². The monoisotopic (exact) mass is 395 g/mol. The van der Waals surface area contributed by atoms with E-state index >= 15 is 0 Å². The third kappa shape index (κ3) is 5.48. The number of halogens is 1. The molecule has 0 aliphatic heterocycles. The van der Waals surface area contributed by atoms with Crippen LogP contribution in [0, 0.1) is 6.92 Å². The highest BCUT2D eigenvalue weighted by atomic mass is 79.9. The number of carboxylic acids is 1. The van der Waals surface area contributed by atoms with Crippen molar-refractivity contribution in [2.75, 3.05) is 0 Å². The predicted molar refractivity (Wildman–Crippen MR) is 94.7 cm³/mol. The fourth-order valence-electron chi connectivity index (χ4n) is 2.38. The molecule has 1 heterocycles. The molecule has 0 aliphatic rings. The Hall–Kier alpha value is -1.66. The third-order valence-electron chi connectivity index (χ3n) is 3.50. The molecule has 6 heteroatoms. The highest BCUT2D eigenvalue weighted by molar-refractivity contribution is 9.10. The van der Waals surface area contributed by atoms with Gasteiger partial charge in [-0.1, -0.05) is 24.3 Å². The maximum absolute atomic E-state index is 12.2. The zero-order valence-electron chi connectivity index (χ0n) is 12.7. The van der Waals surface area contributed by atoms with E-state index in [0.717, 1.165) is 20.5 Å². The van der Waals surface area contributed by atoms with Crippen molar-refractivity contribution in [2.45, 2.75) is 32.2 Å². The van der Waals surface area contributed by atoms with E-state index in [0.29, 0.717) is 12.8 Å². The highest BCUT2D eigenvalue weighted by Gasteiger charge is 2.19. The molecule has 1 amide bonds. The summed E-state index contributed by atoms with van der Waals surface area (Å²) in [5.41, 5.74) is 1.82. The Balaban J connectivity index is 2.01. The van der Waals surface area contributed by atoms with Gasteiger partial charge in [-0.25, -0.2) is 0 Å². The molecule has 0 saturated heterocycles. The average Bonchev–Trinajstić information content (AvgIpc) is 2.90. The molecule has 0 bridgehead atoms. The Morgan fingerprint density at radius 2 is 2.09 bits per heavy atom. The summed E-state index contributed by atoms with van der Waals surface area (Å²) in [6.07, 6.45) is 0.867. The minimum Gasteiger partial charge on any atom is -0.481 e. The van der Waals surface area contributed by atoms with Crippen LogP contribution in [-0.4, -0.2) is 17.0 Å². The summed E-state index contributed by atoms with van der Waals surface area (Å²) in [4.78, 5) is 24.4. The van der Waals surface area contributed by atoms with Crippen LogP contribution in [0.3, 0.4) is 0 Å². The predicted octanol–water partition coefficient (Wildman–Crippen LogP) is 4.08. The highest BCUT2D eigenvalue weighted by Crippen LogP contribution is 2.23. The van der Waals surface area contributed by atoms with E-state index in [9.17, 15) is 9.59 Å². The molecular weight excluding hydrogens is 378 g/mol. The minimum absolute atomic E-state index is 0.124. The first-order valence-electron chi connectivity index (χ1n) is 7.25. The maximum Gasteiger partial charge on any atom is 0.305 e. The number of hydrogen-bond acceptors (Lipinski definition) is 3. The van der Waals surface area contributed by atoms with Gasteiger partial charge in [-0.05, 0) is 46.5 Å². The van der Waals surface area contributed by atoms with Crippen molar-refractivity contribution in [3.05, 3.63) is 56.2 Å². The minimum atomic E-state index is -0.930. The van der Waals surface area contributed by atoms with E-state index in [1.807, 2.05) is 42.6 Å². The standard InChI is InChI=1S/C17H18BrNO3S/c1-11-4-2-3-5-14(11)15(9-17(21)22)19-16(20)7-6-13-8-12(18)10-23-13/h2-5,8,10,15H,6-7,9H2,1H3,(H,19,20)(H,21,22). The van der Waals surface area contributed by atoms with Gasteiger partial charge in [0.2, 0.25) is 5.91 Å². The number of carboxylic acid groups (broad SMARTS) is 1. The van der Waals surface area contributed by atoms with Crippen molar-refractivity contribution in [1.29, 1.82) is 0 Å². The van der Waals surface area contributed by atoms with Crippen LogP contribution >= 0.6 is 27.3 Å². The first-order chi connectivity index (χ1) is 11.0. The lowest BCUT2D eigenvalue weighted by molar-refractivity contribution is -0.137. The number of hydrogen-bond donors (Lipinski definition) is 2. The molecule has 0 saturated carbocycles. The van der Waals surface area contributed by atoms with Crippen LogP contribution in [-0.2, 0) is 16.0 Å². The Labute approximate surface area is 147 Å². The molecule has 0 spiro atoms.